The second-order valence-corrected chi connectivity index (χ2v) is 7.46. The Bertz CT molecular complexity index is 967. The van der Waals surface area contributed by atoms with E-state index in [9.17, 15) is 4.79 Å². The highest BCUT2D eigenvalue weighted by Crippen LogP contribution is 2.26. The van der Waals surface area contributed by atoms with Gasteiger partial charge in [0.05, 0.1) is 6.10 Å². The molecule has 1 N–H and O–H groups in total. The van der Waals surface area contributed by atoms with E-state index in [-0.39, 0.29) is 18.6 Å². The number of nitrogens with one attached hydrogen (secondary N) is 1. The van der Waals surface area contributed by atoms with Crippen molar-refractivity contribution in [1.29, 1.82) is 0 Å². The van der Waals surface area contributed by atoms with Crippen LogP contribution >= 0.6 is 11.6 Å². The van der Waals surface area contributed by atoms with E-state index in [0.717, 1.165) is 37.0 Å². The van der Waals surface area contributed by atoms with E-state index in [1.54, 1.807) is 24.3 Å². The number of carbonyl (C=O) groups is 1. The molecule has 2 heterocycles. The van der Waals surface area contributed by atoms with Crippen molar-refractivity contribution in [2.45, 2.75) is 25.4 Å². The van der Waals surface area contributed by atoms with Crippen molar-refractivity contribution < 1.29 is 18.7 Å². The van der Waals surface area contributed by atoms with Gasteiger partial charge in [0.2, 0.25) is 11.8 Å². The van der Waals surface area contributed by atoms with Gasteiger partial charge in [-0.05, 0) is 67.8 Å². The van der Waals surface area contributed by atoms with E-state index in [4.69, 9.17) is 25.5 Å². The molecule has 1 amide bonds. The molecule has 1 saturated heterocycles. The zero-order valence-corrected chi connectivity index (χ0v) is 17.1. The fourth-order valence-corrected chi connectivity index (χ4v) is 3.26. The van der Waals surface area contributed by atoms with Crippen molar-refractivity contribution in [2.24, 2.45) is 0 Å². The third kappa shape index (κ3) is 5.37. The normalized spacial score (nSPS) is 16.2. The highest BCUT2D eigenvalue weighted by molar-refractivity contribution is 6.30. The van der Waals surface area contributed by atoms with Gasteiger partial charge in [-0.15, -0.1) is 10.2 Å². The SMILES string of the molecule is O=C(COc1ccc(-c2nnc(-c3ccc(Cl)cc3)o2)cc1)NCC1CCCCO1. The predicted octanol–water partition coefficient (Wildman–Crippen LogP) is 4.12. The van der Waals surface area contributed by atoms with Crippen LogP contribution in [0, 0.1) is 0 Å². The first-order chi connectivity index (χ1) is 14.7. The minimum Gasteiger partial charge on any atom is -0.484 e. The fourth-order valence-electron chi connectivity index (χ4n) is 3.14. The van der Waals surface area contributed by atoms with Gasteiger partial charge in [0.25, 0.3) is 5.91 Å². The number of hydrogen-bond donors (Lipinski definition) is 1. The lowest BCUT2D eigenvalue weighted by Crippen LogP contribution is -2.37. The molecule has 0 spiro atoms. The molecule has 0 aliphatic carbocycles. The van der Waals surface area contributed by atoms with Crippen LogP contribution < -0.4 is 10.1 Å². The Labute approximate surface area is 179 Å². The standard InChI is InChI=1S/C22H22ClN3O4/c23-17-8-4-15(5-9-17)21-25-26-22(30-21)16-6-10-18(11-7-16)29-14-20(27)24-13-19-3-1-2-12-28-19/h4-11,19H,1-3,12-14H2,(H,24,27). The summed E-state index contributed by atoms with van der Waals surface area (Å²) in [6, 6.07) is 14.3. The Balaban J connectivity index is 1.28. The van der Waals surface area contributed by atoms with E-state index < -0.39 is 0 Å². The summed E-state index contributed by atoms with van der Waals surface area (Å²) in [4.78, 5) is 12.0. The number of halogens is 1. The van der Waals surface area contributed by atoms with Crippen LogP contribution in [0.1, 0.15) is 19.3 Å². The van der Waals surface area contributed by atoms with Crippen molar-refractivity contribution >= 4 is 17.5 Å². The average molecular weight is 428 g/mol. The number of amides is 1. The summed E-state index contributed by atoms with van der Waals surface area (Å²) in [7, 11) is 0. The molecule has 156 valence electrons. The van der Waals surface area contributed by atoms with Gasteiger partial charge in [-0.1, -0.05) is 11.6 Å². The van der Waals surface area contributed by atoms with Crippen LogP contribution in [-0.4, -0.2) is 42.0 Å². The van der Waals surface area contributed by atoms with Crippen LogP contribution in [0.15, 0.2) is 52.9 Å². The molecule has 1 fully saturated rings. The van der Waals surface area contributed by atoms with E-state index >= 15 is 0 Å². The van der Waals surface area contributed by atoms with Crippen LogP contribution in [0.2, 0.25) is 5.02 Å². The molecule has 1 atom stereocenters. The van der Waals surface area contributed by atoms with Gasteiger partial charge in [-0.3, -0.25) is 4.79 Å². The van der Waals surface area contributed by atoms with Crippen molar-refractivity contribution in [1.82, 2.24) is 15.5 Å². The number of benzene rings is 2. The smallest absolute Gasteiger partial charge is 0.258 e. The third-order valence-electron chi connectivity index (χ3n) is 4.79. The second kappa shape index (κ2) is 9.73. The molecule has 3 aromatic rings. The summed E-state index contributed by atoms with van der Waals surface area (Å²) in [5.41, 5.74) is 1.55. The van der Waals surface area contributed by atoms with E-state index in [0.29, 0.717) is 29.1 Å². The summed E-state index contributed by atoms with van der Waals surface area (Å²) in [6.45, 7) is 1.24. The highest BCUT2D eigenvalue weighted by Gasteiger charge is 2.15. The summed E-state index contributed by atoms with van der Waals surface area (Å²) in [5, 5.41) is 11.7. The van der Waals surface area contributed by atoms with Gasteiger partial charge in [0.15, 0.2) is 6.61 Å². The molecule has 1 aliphatic heterocycles. The quantitative estimate of drug-likeness (QED) is 0.610. The molecule has 1 aromatic heterocycles. The number of nitrogens with zero attached hydrogens (tertiary/aromatic N) is 2. The van der Waals surface area contributed by atoms with Gasteiger partial charge in [0, 0.05) is 29.3 Å². The topological polar surface area (TPSA) is 86.5 Å². The number of rotatable bonds is 7. The van der Waals surface area contributed by atoms with Crippen LogP contribution in [0.5, 0.6) is 5.75 Å². The molecule has 1 aliphatic rings. The van der Waals surface area contributed by atoms with Crippen molar-refractivity contribution in [3.8, 4) is 28.7 Å². The van der Waals surface area contributed by atoms with Gasteiger partial charge < -0.3 is 19.2 Å². The first-order valence-electron chi connectivity index (χ1n) is 9.88. The van der Waals surface area contributed by atoms with Crippen LogP contribution in [-0.2, 0) is 9.53 Å². The monoisotopic (exact) mass is 427 g/mol. The van der Waals surface area contributed by atoms with Gasteiger partial charge in [-0.2, -0.15) is 0 Å². The Morgan fingerprint density at radius 1 is 1.03 bits per heavy atom. The Morgan fingerprint density at radius 2 is 1.70 bits per heavy atom. The van der Waals surface area contributed by atoms with Gasteiger partial charge in [-0.25, -0.2) is 0 Å². The van der Waals surface area contributed by atoms with Gasteiger partial charge >= 0.3 is 0 Å². The summed E-state index contributed by atoms with van der Waals surface area (Å²) in [6.07, 6.45) is 3.33. The highest BCUT2D eigenvalue weighted by atomic mass is 35.5. The molecule has 30 heavy (non-hydrogen) atoms. The van der Waals surface area contributed by atoms with E-state index in [1.807, 2.05) is 24.3 Å². The molecule has 0 saturated carbocycles. The maximum atomic E-state index is 12.0. The van der Waals surface area contributed by atoms with Crippen molar-refractivity contribution in [3.63, 3.8) is 0 Å². The summed E-state index contributed by atoms with van der Waals surface area (Å²) in [5.74, 6) is 1.23. The van der Waals surface area contributed by atoms with E-state index in [2.05, 4.69) is 15.5 Å². The molecular weight excluding hydrogens is 406 g/mol. The third-order valence-corrected chi connectivity index (χ3v) is 5.04. The number of hydrogen-bond acceptors (Lipinski definition) is 6. The van der Waals surface area contributed by atoms with Crippen LogP contribution in [0.3, 0.4) is 0 Å². The molecule has 2 aromatic carbocycles. The number of carbonyl (C=O) groups excluding carboxylic acids is 1. The Hall–Kier alpha value is -2.90. The average Bonchev–Trinajstić information content (AvgIpc) is 3.28. The van der Waals surface area contributed by atoms with Crippen molar-refractivity contribution in [3.05, 3.63) is 53.6 Å². The second-order valence-electron chi connectivity index (χ2n) is 7.02. The minimum absolute atomic E-state index is 0.0483. The number of ether oxygens (including phenoxy) is 2. The molecular formula is C22H22ClN3O4. The molecule has 8 heteroatoms. The zero-order chi connectivity index (χ0) is 20.8. The zero-order valence-electron chi connectivity index (χ0n) is 16.3. The molecule has 1 unspecified atom stereocenters. The van der Waals surface area contributed by atoms with E-state index in [1.165, 1.54) is 0 Å². The summed E-state index contributed by atoms with van der Waals surface area (Å²) >= 11 is 5.90. The van der Waals surface area contributed by atoms with Crippen LogP contribution in [0.25, 0.3) is 22.9 Å². The Kier molecular flexibility index (Phi) is 6.61. The first kappa shape index (κ1) is 20.4. The lowest BCUT2D eigenvalue weighted by molar-refractivity contribution is -0.124. The maximum absolute atomic E-state index is 12.0. The molecule has 7 nitrogen and oxygen atoms in total. The summed E-state index contributed by atoms with van der Waals surface area (Å²) < 4.78 is 16.9. The minimum atomic E-state index is -0.169. The lowest BCUT2D eigenvalue weighted by atomic mass is 10.1. The van der Waals surface area contributed by atoms with Crippen molar-refractivity contribution in [2.75, 3.05) is 19.8 Å². The maximum Gasteiger partial charge on any atom is 0.258 e. The Morgan fingerprint density at radius 3 is 2.33 bits per heavy atom. The lowest BCUT2D eigenvalue weighted by Gasteiger charge is -2.22. The number of aromatic nitrogens is 2. The first-order valence-corrected chi connectivity index (χ1v) is 10.3. The fraction of sp³-hybridized carbons (Fsp3) is 0.318. The molecule has 0 bridgehead atoms. The van der Waals surface area contributed by atoms with Gasteiger partial charge in [0.1, 0.15) is 5.75 Å². The molecule has 4 rings (SSSR count). The largest absolute Gasteiger partial charge is 0.484 e. The predicted molar refractivity (Wildman–Crippen MR) is 112 cm³/mol. The molecule has 0 radical (unpaired) electrons. The van der Waals surface area contributed by atoms with Crippen LogP contribution in [0.4, 0.5) is 0 Å².